The fourth-order valence-electron chi connectivity index (χ4n) is 0.262. The first kappa shape index (κ1) is 8.69. The topological polar surface area (TPSA) is 17.1 Å². The lowest BCUT2D eigenvalue weighted by Crippen LogP contribution is -2.13. The maximum Gasteiger partial charge on any atom is 0.234 e. The molecule has 0 bridgehead atoms. The van der Waals surface area contributed by atoms with Crippen LogP contribution in [0.4, 0.5) is 0 Å². The van der Waals surface area contributed by atoms with Crippen molar-refractivity contribution in [2.75, 3.05) is 0 Å². The molecule has 0 saturated carbocycles. The van der Waals surface area contributed by atoms with Crippen molar-refractivity contribution in [1.29, 1.82) is 0 Å². The molecule has 48 valence electrons. The Hall–Kier alpha value is 0.690. The number of carbonyl (C=O) groups is 1. The van der Waals surface area contributed by atoms with E-state index >= 15 is 0 Å². The summed E-state index contributed by atoms with van der Waals surface area (Å²) in [6.07, 6.45) is 0. The van der Waals surface area contributed by atoms with Crippen LogP contribution >= 0.6 is 34.2 Å². The summed E-state index contributed by atoms with van der Waals surface area (Å²) >= 11 is 7.22. The van der Waals surface area contributed by atoms with Gasteiger partial charge in [-0.1, -0.05) is 36.4 Å². The fraction of sp³-hybridized carbons (Fsp3) is 0.800. The van der Waals surface area contributed by atoms with Crippen LogP contribution in [0.1, 0.15) is 13.8 Å². The van der Waals surface area contributed by atoms with Gasteiger partial charge in [-0.15, -0.1) is 0 Å². The summed E-state index contributed by atoms with van der Waals surface area (Å²) in [5, 5.41) is -0.249. The van der Waals surface area contributed by atoms with E-state index in [1.54, 1.807) is 0 Å². The highest BCUT2D eigenvalue weighted by atomic mass is 127. The first-order valence-corrected chi connectivity index (χ1v) is 4.01. The molecule has 0 rings (SSSR count). The van der Waals surface area contributed by atoms with Gasteiger partial charge in [-0.3, -0.25) is 4.79 Å². The Bertz CT molecular complexity index is 92.4. The van der Waals surface area contributed by atoms with Gasteiger partial charge in [0.25, 0.3) is 0 Å². The van der Waals surface area contributed by atoms with Crippen molar-refractivity contribution in [1.82, 2.24) is 0 Å². The van der Waals surface area contributed by atoms with Crippen LogP contribution in [0.3, 0.4) is 0 Å². The lowest BCUT2D eigenvalue weighted by molar-refractivity contribution is -0.111. The SMILES string of the molecule is CC(C)C(I)C(=O)Cl. The summed E-state index contributed by atoms with van der Waals surface area (Å²) in [6.45, 7) is 3.94. The molecule has 0 spiro atoms. The summed E-state index contributed by atoms with van der Waals surface area (Å²) in [4.78, 5) is 10.3. The van der Waals surface area contributed by atoms with Crippen LogP contribution < -0.4 is 0 Å². The molecule has 0 aromatic heterocycles. The highest BCUT2D eigenvalue weighted by Gasteiger charge is 2.14. The van der Waals surface area contributed by atoms with Crippen molar-refractivity contribution < 1.29 is 4.79 Å². The zero-order chi connectivity index (χ0) is 6.73. The first-order valence-electron chi connectivity index (χ1n) is 2.39. The Morgan fingerprint density at radius 2 is 2.00 bits per heavy atom. The van der Waals surface area contributed by atoms with Gasteiger partial charge in [-0.2, -0.15) is 0 Å². The second-order valence-electron chi connectivity index (χ2n) is 1.95. The third kappa shape index (κ3) is 2.87. The molecule has 1 unspecified atom stereocenters. The van der Waals surface area contributed by atoms with E-state index in [1.165, 1.54) is 0 Å². The molecular formula is C5H8ClIO. The molecule has 0 aliphatic heterocycles. The van der Waals surface area contributed by atoms with Gasteiger partial charge in [0.15, 0.2) is 0 Å². The molecule has 1 nitrogen and oxygen atoms in total. The van der Waals surface area contributed by atoms with Crippen molar-refractivity contribution in [3.05, 3.63) is 0 Å². The molecule has 8 heavy (non-hydrogen) atoms. The molecule has 0 aliphatic carbocycles. The minimum absolute atomic E-state index is 0.0331. The van der Waals surface area contributed by atoms with Gasteiger partial charge in [0.2, 0.25) is 5.24 Å². The molecule has 0 N–H and O–H groups in total. The lowest BCUT2D eigenvalue weighted by atomic mass is 10.2. The number of rotatable bonds is 2. The van der Waals surface area contributed by atoms with Crippen LogP contribution in [0.2, 0.25) is 0 Å². The van der Waals surface area contributed by atoms with Crippen LogP contribution in [0.25, 0.3) is 0 Å². The van der Waals surface area contributed by atoms with Gasteiger partial charge in [0, 0.05) is 0 Å². The summed E-state index contributed by atoms with van der Waals surface area (Å²) in [5.41, 5.74) is 0. The van der Waals surface area contributed by atoms with Gasteiger partial charge < -0.3 is 0 Å². The van der Waals surface area contributed by atoms with E-state index in [-0.39, 0.29) is 9.17 Å². The predicted molar refractivity (Wildman–Crippen MR) is 43.5 cm³/mol. The number of alkyl halides is 1. The maximum absolute atomic E-state index is 10.3. The Morgan fingerprint density at radius 1 is 1.62 bits per heavy atom. The second kappa shape index (κ2) is 3.67. The molecule has 0 amide bonds. The van der Waals surface area contributed by atoms with Gasteiger partial charge in [0.05, 0.1) is 3.92 Å². The largest absolute Gasteiger partial charge is 0.280 e. The molecule has 0 heterocycles. The lowest BCUT2D eigenvalue weighted by Gasteiger charge is -2.05. The standard InChI is InChI=1S/C5H8ClIO/c1-3(2)4(7)5(6)8/h3-4H,1-2H3. The second-order valence-corrected chi connectivity index (χ2v) is 3.66. The third-order valence-corrected chi connectivity index (χ3v) is 3.41. The Kier molecular flexibility index (Phi) is 3.98. The number of hydrogen-bond acceptors (Lipinski definition) is 1. The minimum atomic E-state index is -0.249. The van der Waals surface area contributed by atoms with E-state index in [2.05, 4.69) is 0 Å². The van der Waals surface area contributed by atoms with Gasteiger partial charge >= 0.3 is 0 Å². The molecule has 1 atom stereocenters. The van der Waals surface area contributed by atoms with Gasteiger partial charge in [0.1, 0.15) is 0 Å². The van der Waals surface area contributed by atoms with Gasteiger partial charge in [-0.05, 0) is 17.5 Å². The fourth-order valence-corrected chi connectivity index (χ4v) is 0.514. The molecule has 0 aliphatic rings. The zero-order valence-corrected chi connectivity index (χ0v) is 7.73. The van der Waals surface area contributed by atoms with Crippen LogP contribution in [-0.4, -0.2) is 9.17 Å². The van der Waals surface area contributed by atoms with Crippen molar-refractivity contribution in [3.8, 4) is 0 Å². The van der Waals surface area contributed by atoms with Crippen molar-refractivity contribution >= 4 is 39.4 Å². The summed E-state index contributed by atoms with van der Waals surface area (Å²) < 4.78 is -0.0331. The molecule has 3 heteroatoms. The van der Waals surface area contributed by atoms with Crippen molar-refractivity contribution in [3.63, 3.8) is 0 Å². The quantitative estimate of drug-likeness (QED) is 0.415. The molecule has 0 radical (unpaired) electrons. The van der Waals surface area contributed by atoms with E-state index in [1.807, 2.05) is 36.4 Å². The molecule has 0 aromatic rings. The van der Waals surface area contributed by atoms with E-state index < -0.39 is 0 Å². The minimum Gasteiger partial charge on any atom is -0.280 e. The highest BCUT2D eigenvalue weighted by Crippen LogP contribution is 2.14. The number of halogens is 2. The monoisotopic (exact) mass is 246 g/mol. The first-order chi connectivity index (χ1) is 3.55. The number of hydrogen-bond donors (Lipinski definition) is 0. The van der Waals surface area contributed by atoms with Crippen LogP contribution in [-0.2, 0) is 4.79 Å². The summed E-state index contributed by atoms with van der Waals surface area (Å²) in [7, 11) is 0. The van der Waals surface area contributed by atoms with E-state index in [0.29, 0.717) is 5.92 Å². The smallest absolute Gasteiger partial charge is 0.234 e. The van der Waals surface area contributed by atoms with E-state index in [0.717, 1.165) is 0 Å². The summed E-state index contributed by atoms with van der Waals surface area (Å²) in [5.74, 6) is 0.348. The Balaban J connectivity index is 3.64. The molecule has 0 aromatic carbocycles. The normalized spacial score (nSPS) is 14.1. The third-order valence-electron chi connectivity index (χ3n) is 0.802. The average molecular weight is 246 g/mol. The Morgan fingerprint density at radius 3 is 2.00 bits per heavy atom. The van der Waals surface area contributed by atoms with Gasteiger partial charge in [-0.25, -0.2) is 0 Å². The van der Waals surface area contributed by atoms with E-state index in [9.17, 15) is 4.79 Å². The Labute approximate surface area is 67.9 Å². The van der Waals surface area contributed by atoms with Crippen molar-refractivity contribution in [2.24, 2.45) is 5.92 Å². The maximum atomic E-state index is 10.3. The van der Waals surface area contributed by atoms with Crippen LogP contribution in [0, 0.1) is 5.92 Å². The number of carbonyl (C=O) groups excluding carboxylic acids is 1. The molecular weight excluding hydrogens is 238 g/mol. The van der Waals surface area contributed by atoms with E-state index in [4.69, 9.17) is 11.6 Å². The average Bonchev–Trinajstić information content (AvgIpc) is 1.64. The predicted octanol–water partition coefficient (Wildman–Crippen LogP) is 2.21. The van der Waals surface area contributed by atoms with Crippen LogP contribution in [0.15, 0.2) is 0 Å². The van der Waals surface area contributed by atoms with Crippen molar-refractivity contribution in [2.45, 2.75) is 17.8 Å². The highest BCUT2D eigenvalue weighted by molar-refractivity contribution is 14.1. The molecule has 0 saturated heterocycles. The summed E-state index contributed by atoms with van der Waals surface area (Å²) in [6, 6.07) is 0. The molecule has 0 fully saturated rings. The zero-order valence-electron chi connectivity index (χ0n) is 4.82. The van der Waals surface area contributed by atoms with Crippen LogP contribution in [0.5, 0.6) is 0 Å².